The fourth-order valence-electron chi connectivity index (χ4n) is 2.94. The molecule has 140 valence electrons. The van der Waals surface area contributed by atoms with E-state index in [0.717, 1.165) is 16.9 Å². The zero-order chi connectivity index (χ0) is 19.5. The standard InChI is InChI=1S/C22H18FN3O2/c1-15-5-4-12-26-13-18(24-21(15)26)14-28-20-7-3-2-6-19(20)22(27)25-17-10-8-16(23)9-11-17/h2-13H,14H2,1H3,(H,25,27). The van der Waals surface area contributed by atoms with Crippen LogP contribution in [-0.2, 0) is 6.61 Å². The smallest absolute Gasteiger partial charge is 0.259 e. The average molecular weight is 375 g/mol. The molecule has 0 saturated carbocycles. The van der Waals surface area contributed by atoms with Gasteiger partial charge in [-0.05, 0) is 55.0 Å². The molecule has 0 saturated heterocycles. The van der Waals surface area contributed by atoms with Gasteiger partial charge in [-0.15, -0.1) is 0 Å². The van der Waals surface area contributed by atoms with Crippen LogP contribution in [-0.4, -0.2) is 15.3 Å². The maximum absolute atomic E-state index is 13.0. The fourth-order valence-corrected chi connectivity index (χ4v) is 2.94. The largest absolute Gasteiger partial charge is 0.486 e. The SMILES string of the molecule is Cc1cccn2cc(COc3ccccc3C(=O)Nc3ccc(F)cc3)nc12. The molecule has 0 aliphatic heterocycles. The van der Waals surface area contributed by atoms with Gasteiger partial charge in [0, 0.05) is 18.1 Å². The van der Waals surface area contributed by atoms with Crippen LogP contribution in [0.1, 0.15) is 21.6 Å². The minimum absolute atomic E-state index is 0.238. The van der Waals surface area contributed by atoms with Crippen LogP contribution in [0.3, 0.4) is 0 Å². The Kier molecular flexibility index (Phi) is 4.76. The molecular formula is C22H18FN3O2. The van der Waals surface area contributed by atoms with Gasteiger partial charge in [0.05, 0.1) is 11.3 Å². The second kappa shape index (κ2) is 7.52. The maximum atomic E-state index is 13.0. The predicted octanol–water partition coefficient (Wildman–Crippen LogP) is 4.61. The number of nitrogens with one attached hydrogen (secondary N) is 1. The summed E-state index contributed by atoms with van der Waals surface area (Å²) >= 11 is 0. The fraction of sp³-hybridized carbons (Fsp3) is 0.0909. The quantitative estimate of drug-likeness (QED) is 0.554. The molecule has 0 fully saturated rings. The highest BCUT2D eigenvalue weighted by molar-refractivity contribution is 6.06. The molecule has 0 radical (unpaired) electrons. The van der Waals surface area contributed by atoms with Gasteiger partial charge in [-0.2, -0.15) is 0 Å². The van der Waals surface area contributed by atoms with Gasteiger partial charge in [0.1, 0.15) is 23.8 Å². The van der Waals surface area contributed by atoms with Crippen LogP contribution in [0.2, 0.25) is 0 Å². The minimum Gasteiger partial charge on any atom is -0.486 e. The molecule has 0 aliphatic rings. The van der Waals surface area contributed by atoms with Crippen LogP contribution in [0.15, 0.2) is 73.1 Å². The number of imidazole rings is 1. The number of ether oxygens (including phenoxy) is 1. The number of fused-ring (bicyclic) bond motifs is 1. The number of amides is 1. The number of nitrogens with zero attached hydrogens (tertiary/aromatic N) is 2. The van der Waals surface area contributed by atoms with Gasteiger partial charge >= 0.3 is 0 Å². The highest BCUT2D eigenvalue weighted by Gasteiger charge is 2.13. The monoisotopic (exact) mass is 375 g/mol. The molecule has 28 heavy (non-hydrogen) atoms. The van der Waals surface area contributed by atoms with E-state index in [9.17, 15) is 9.18 Å². The number of carbonyl (C=O) groups excluding carboxylic acids is 1. The normalized spacial score (nSPS) is 10.8. The number of carbonyl (C=O) groups is 1. The van der Waals surface area contributed by atoms with Crippen molar-refractivity contribution in [1.29, 1.82) is 0 Å². The first-order valence-corrected chi connectivity index (χ1v) is 8.82. The van der Waals surface area contributed by atoms with E-state index in [1.165, 1.54) is 24.3 Å². The molecule has 2 heterocycles. The Balaban J connectivity index is 1.51. The predicted molar refractivity (Wildman–Crippen MR) is 105 cm³/mol. The molecule has 1 N–H and O–H groups in total. The van der Waals surface area contributed by atoms with Crippen molar-refractivity contribution in [3.8, 4) is 5.75 Å². The number of anilines is 1. The molecule has 2 aromatic carbocycles. The number of aromatic nitrogens is 2. The Morgan fingerprint density at radius 1 is 1.11 bits per heavy atom. The lowest BCUT2D eigenvalue weighted by Gasteiger charge is -2.11. The Labute approximate surface area is 161 Å². The Hall–Kier alpha value is -3.67. The lowest BCUT2D eigenvalue weighted by Crippen LogP contribution is -2.13. The Bertz CT molecular complexity index is 1140. The van der Waals surface area contributed by atoms with E-state index in [1.807, 2.05) is 35.9 Å². The van der Waals surface area contributed by atoms with Gasteiger partial charge in [-0.3, -0.25) is 4.79 Å². The van der Waals surface area contributed by atoms with Crippen molar-refractivity contribution in [2.45, 2.75) is 13.5 Å². The summed E-state index contributed by atoms with van der Waals surface area (Å²) < 4.78 is 20.9. The number of para-hydroxylation sites is 1. The molecule has 0 bridgehead atoms. The van der Waals surface area contributed by atoms with E-state index in [4.69, 9.17) is 4.74 Å². The van der Waals surface area contributed by atoms with Crippen molar-refractivity contribution >= 4 is 17.2 Å². The van der Waals surface area contributed by atoms with E-state index in [1.54, 1.807) is 24.3 Å². The van der Waals surface area contributed by atoms with Crippen LogP contribution in [0, 0.1) is 12.7 Å². The van der Waals surface area contributed by atoms with Gasteiger partial charge in [0.2, 0.25) is 0 Å². The van der Waals surface area contributed by atoms with Crippen molar-refractivity contribution in [1.82, 2.24) is 9.38 Å². The summed E-state index contributed by atoms with van der Waals surface area (Å²) in [6, 6.07) is 16.6. The molecule has 5 nitrogen and oxygen atoms in total. The molecule has 0 spiro atoms. The lowest BCUT2D eigenvalue weighted by atomic mass is 10.2. The average Bonchev–Trinajstić information content (AvgIpc) is 3.13. The second-order valence-electron chi connectivity index (χ2n) is 6.40. The van der Waals surface area contributed by atoms with Gasteiger partial charge in [0.15, 0.2) is 0 Å². The van der Waals surface area contributed by atoms with E-state index in [-0.39, 0.29) is 18.3 Å². The molecule has 0 atom stereocenters. The van der Waals surface area contributed by atoms with Crippen LogP contribution >= 0.6 is 0 Å². The molecule has 0 unspecified atom stereocenters. The van der Waals surface area contributed by atoms with E-state index < -0.39 is 0 Å². The summed E-state index contributed by atoms with van der Waals surface area (Å²) in [5.74, 6) is -0.228. The zero-order valence-corrected chi connectivity index (χ0v) is 15.2. The van der Waals surface area contributed by atoms with Crippen LogP contribution in [0.5, 0.6) is 5.75 Å². The summed E-state index contributed by atoms with van der Waals surface area (Å²) in [7, 11) is 0. The zero-order valence-electron chi connectivity index (χ0n) is 15.2. The molecular weight excluding hydrogens is 357 g/mol. The van der Waals surface area contributed by atoms with Crippen LogP contribution in [0.25, 0.3) is 5.65 Å². The van der Waals surface area contributed by atoms with E-state index in [0.29, 0.717) is 17.0 Å². The van der Waals surface area contributed by atoms with Gasteiger partial charge in [-0.25, -0.2) is 9.37 Å². The lowest BCUT2D eigenvalue weighted by molar-refractivity contribution is 0.102. The molecule has 4 aromatic rings. The summed E-state index contributed by atoms with van der Waals surface area (Å²) in [5.41, 5.74) is 3.63. The van der Waals surface area contributed by atoms with Crippen molar-refractivity contribution in [3.63, 3.8) is 0 Å². The number of aryl methyl sites for hydroxylation is 1. The topological polar surface area (TPSA) is 55.6 Å². The maximum Gasteiger partial charge on any atom is 0.259 e. The Morgan fingerprint density at radius 3 is 2.68 bits per heavy atom. The molecule has 2 aromatic heterocycles. The van der Waals surface area contributed by atoms with E-state index in [2.05, 4.69) is 10.3 Å². The number of benzene rings is 2. The molecule has 4 rings (SSSR count). The number of halogens is 1. The molecule has 0 aliphatic carbocycles. The first-order valence-electron chi connectivity index (χ1n) is 8.82. The van der Waals surface area contributed by atoms with Crippen LogP contribution in [0.4, 0.5) is 10.1 Å². The number of hydrogen-bond donors (Lipinski definition) is 1. The summed E-state index contributed by atoms with van der Waals surface area (Å²) in [6.07, 6.45) is 3.84. The third-order valence-electron chi connectivity index (χ3n) is 4.34. The second-order valence-corrected chi connectivity index (χ2v) is 6.40. The van der Waals surface area contributed by atoms with Gasteiger partial charge < -0.3 is 14.5 Å². The van der Waals surface area contributed by atoms with Crippen molar-refractivity contribution in [3.05, 3.63) is 95.7 Å². The summed E-state index contributed by atoms with van der Waals surface area (Å²) in [4.78, 5) is 17.2. The Morgan fingerprint density at radius 2 is 1.89 bits per heavy atom. The third-order valence-corrected chi connectivity index (χ3v) is 4.34. The van der Waals surface area contributed by atoms with Crippen molar-refractivity contribution in [2.24, 2.45) is 0 Å². The first kappa shape index (κ1) is 17.7. The summed E-state index contributed by atoms with van der Waals surface area (Å²) in [6.45, 7) is 2.24. The van der Waals surface area contributed by atoms with Gasteiger partial charge in [0.25, 0.3) is 5.91 Å². The van der Waals surface area contributed by atoms with Crippen LogP contribution < -0.4 is 10.1 Å². The van der Waals surface area contributed by atoms with Crippen molar-refractivity contribution < 1.29 is 13.9 Å². The third kappa shape index (κ3) is 3.71. The molecule has 1 amide bonds. The summed E-state index contributed by atoms with van der Waals surface area (Å²) in [5, 5.41) is 2.75. The molecule has 6 heteroatoms. The van der Waals surface area contributed by atoms with Crippen molar-refractivity contribution in [2.75, 3.05) is 5.32 Å². The highest BCUT2D eigenvalue weighted by Crippen LogP contribution is 2.21. The number of pyridine rings is 1. The number of rotatable bonds is 5. The highest BCUT2D eigenvalue weighted by atomic mass is 19.1. The van der Waals surface area contributed by atoms with Gasteiger partial charge in [-0.1, -0.05) is 18.2 Å². The first-order chi connectivity index (χ1) is 13.6. The minimum atomic E-state index is -0.357. The van der Waals surface area contributed by atoms with E-state index >= 15 is 0 Å². The number of hydrogen-bond acceptors (Lipinski definition) is 3.